The Kier molecular flexibility index (Phi) is 8.57. The Morgan fingerprint density at radius 2 is 1.79 bits per heavy atom. The molecule has 0 spiro atoms. The van der Waals surface area contributed by atoms with Gasteiger partial charge in [-0.2, -0.15) is 0 Å². The Morgan fingerprint density at radius 1 is 1.12 bits per heavy atom. The molecule has 0 aromatic carbocycles. The molecule has 0 aliphatic carbocycles. The highest BCUT2D eigenvalue weighted by molar-refractivity contribution is 14.0. The summed E-state index contributed by atoms with van der Waals surface area (Å²) in [5.41, 5.74) is 0. The number of hydrogen-bond acceptors (Lipinski definition) is 3. The van der Waals surface area contributed by atoms with Gasteiger partial charge in [-0.1, -0.05) is 6.42 Å². The summed E-state index contributed by atoms with van der Waals surface area (Å²) in [5.74, 6) is 1.81. The number of halogens is 1. The molecular weight excluding hydrogens is 415 g/mol. The van der Waals surface area contributed by atoms with E-state index in [1.165, 1.54) is 51.4 Å². The number of nitrogens with zero attached hydrogens (tertiary/aromatic N) is 2. The zero-order chi connectivity index (χ0) is 16.1. The van der Waals surface area contributed by atoms with E-state index in [1.54, 1.807) is 0 Å². The average molecular weight is 450 g/mol. The third kappa shape index (κ3) is 5.46. The van der Waals surface area contributed by atoms with Crippen LogP contribution < -0.4 is 10.6 Å². The van der Waals surface area contributed by atoms with Crippen LogP contribution >= 0.6 is 24.0 Å². The lowest BCUT2D eigenvalue weighted by molar-refractivity contribution is 0.0526. The van der Waals surface area contributed by atoms with Gasteiger partial charge in [0, 0.05) is 44.9 Å². The van der Waals surface area contributed by atoms with Gasteiger partial charge >= 0.3 is 0 Å². The van der Waals surface area contributed by atoms with Crippen LogP contribution in [-0.2, 0) is 4.74 Å². The molecule has 3 fully saturated rings. The number of hydrogen-bond donors (Lipinski definition) is 2. The number of fused-ring (bicyclic) bond motifs is 2. The lowest BCUT2D eigenvalue weighted by atomic mass is 9.82. The molecule has 6 heteroatoms. The van der Waals surface area contributed by atoms with E-state index in [0.29, 0.717) is 6.04 Å². The summed E-state index contributed by atoms with van der Waals surface area (Å²) in [6, 6.07) is 2.11. The maximum Gasteiger partial charge on any atom is 0.191 e. The van der Waals surface area contributed by atoms with Gasteiger partial charge < -0.3 is 20.3 Å². The monoisotopic (exact) mass is 450 g/mol. The van der Waals surface area contributed by atoms with Crippen LogP contribution in [0.15, 0.2) is 4.99 Å². The van der Waals surface area contributed by atoms with Crippen LogP contribution in [0.1, 0.15) is 51.4 Å². The molecule has 3 saturated heterocycles. The second kappa shape index (κ2) is 10.2. The van der Waals surface area contributed by atoms with Crippen LogP contribution in [-0.4, -0.2) is 62.8 Å². The van der Waals surface area contributed by atoms with Gasteiger partial charge in [0.15, 0.2) is 5.96 Å². The van der Waals surface area contributed by atoms with Gasteiger partial charge in [0.05, 0.1) is 0 Å². The molecule has 5 nitrogen and oxygen atoms in total. The number of ether oxygens (including phenoxy) is 1. The van der Waals surface area contributed by atoms with Crippen LogP contribution in [0, 0.1) is 5.92 Å². The number of guanidine groups is 1. The lowest BCUT2D eigenvalue weighted by Crippen LogP contribution is -2.56. The predicted molar refractivity (Wildman–Crippen MR) is 110 cm³/mol. The number of aliphatic imine (C=N–C) groups is 1. The molecule has 0 radical (unpaired) electrons. The van der Waals surface area contributed by atoms with Gasteiger partial charge in [-0.15, -0.1) is 24.0 Å². The Hall–Kier alpha value is -0.0800. The van der Waals surface area contributed by atoms with Crippen molar-refractivity contribution in [2.45, 2.75) is 69.5 Å². The fraction of sp³-hybridized carbons (Fsp3) is 0.944. The van der Waals surface area contributed by atoms with Crippen molar-refractivity contribution in [2.75, 3.05) is 33.9 Å². The van der Waals surface area contributed by atoms with Gasteiger partial charge in [-0.05, 0) is 57.9 Å². The minimum absolute atomic E-state index is 0. The van der Waals surface area contributed by atoms with Crippen molar-refractivity contribution in [3.63, 3.8) is 0 Å². The molecule has 2 unspecified atom stereocenters. The molecule has 0 saturated carbocycles. The molecule has 0 aromatic heterocycles. The Morgan fingerprint density at radius 3 is 2.42 bits per heavy atom. The lowest BCUT2D eigenvalue weighted by Gasteiger charge is -2.47. The van der Waals surface area contributed by atoms with Crippen LogP contribution in [0.25, 0.3) is 0 Å². The van der Waals surface area contributed by atoms with Crippen LogP contribution in [0.5, 0.6) is 0 Å². The normalized spacial score (nSPS) is 32.1. The zero-order valence-electron chi connectivity index (χ0n) is 15.3. The van der Waals surface area contributed by atoms with Crippen molar-refractivity contribution < 1.29 is 4.74 Å². The SMILES string of the molecule is CN=C(NCCC1CCOCC1)NC1CC2CCCC(C1)N2C.I. The third-order valence-corrected chi connectivity index (χ3v) is 6.09. The van der Waals surface area contributed by atoms with Gasteiger partial charge in [-0.3, -0.25) is 4.99 Å². The second-order valence-electron chi connectivity index (χ2n) is 7.56. The zero-order valence-corrected chi connectivity index (χ0v) is 17.6. The van der Waals surface area contributed by atoms with Gasteiger partial charge in [0.2, 0.25) is 0 Å². The highest BCUT2D eigenvalue weighted by Crippen LogP contribution is 2.32. The molecule has 2 N–H and O–H groups in total. The van der Waals surface area contributed by atoms with Gasteiger partial charge in [0.25, 0.3) is 0 Å². The quantitative estimate of drug-likeness (QED) is 0.393. The van der Waals surface area contributed by atoms with Crippen molar-refractivity contribution in [1.82, 2.24) is 15.5 Å². The third-order valence-electron chi connectivity index (χ3n) is 6.09. The first-order valence-corrected chi connectivity index (χ1v) is 9.53. The molecule has 3 rings (SSSR count). The Balaban J connectivity index is 0.00000208. The van der Waals surface area contributed by atoms with Crippen molar-refractivity contribution in [2.24, 2.45) is 10.9 Å². The molecule has 2 atom stereocenters. The van der Waals surface area contributed by atoms with Gasteiger partial charge in [-0.25, -0.2) is 0 Å². The molecule has 140 valence electrons. The minimum Gasteiger partial charge on any atom is -0.381 e. The van der Waals surface area contributed by atoms with E-state index < -0.39 is 0 Å². The van der Waals surface area contributed by atoms with E-state index >= 15 is 0 Å². The van der Waals surface area contributed by atoms with E-state index in [1.807, 2.05) is 7.05 Å². The van der Waals surface area contributed by atoms with Crippen molar-refractivity contribution in [1.29, 1.82) is 0 Å². The van der Waals surface area contributed by atoms with Crippen LogP contribution in [0.4, 0.5) is 0 Å². The fourth-order valence-electron chi connectivity index (χ4n) is 4.55. The molecule has 3 aliphatic rings. The van der Waals surface area contributed by atoms with Crippen LogP contribution in [0.3, 0.4) is 0 Å². The molecule has 3 aliphatic heterocycles. The molecular formula is C18H35IN4O. The highest BCUT2D eigenvalue weighted by Gasteiger charge is 2.36. The predicted octanol–water partition coefficient (Wildman–Crippen LogP) is 2.60. The van der Waals surface area contributed by atoms with E-state index in [9.17, 15) is 0 Å². The minimum atomic E-state index is 0. The molecule has 24 heavy (non-hydrogen) atoms. The van der Waals surface area contributed by atoms with Crippen molar-refractivity contribution in [3.05, 3.63) is 0 Å². The summed E-state index contributed by atoms with van der Waals surface area (Å²) >= 11 is 0. The summed E-state index contributed by atoms with van der Waals surface area (Å²) in [6.07, 6.45) is 10.3. The molecule has 2 bridgehead atoms. The molecule has 0 aromatic rings. The number of rotatable bonds is 4. The largest absolute Gasteiger partial charge is 0.381 e. The fourth-order valence-corrected chi connectivity index (χ4v) is 4.55. The van der Waals surface area contributed by atoms with Gasteiger partial charge in [0.1, 0.15) is 0 Å². The second-order valence-corrected chi connectivity index (χ2v) is 7.56. The molecule has 3 heterocycles. The standard InChI is InChI=1S/C18H34N4O.HI/c1-19-18(20-9-6-14-7-10-23-11-8-14)21-15-12-16-4-3-5-17(13-15)22(16)2;/h14-17H,3-13H2,1-2H3,(H2,19,20,21);1H. The van der Waals surface area contributed by atoms with Crippen molar-refractivity contribution in [3.8, 4) is 0 Å². The van der Waals surface area contributed by atoms with E-state index in [2.05, 4.69) is 27.6 Å². The summed E-state index contributed by atoms with van der Waals surface area (Å²) in [5, 5.41) is 7.21. The first kappa shape index (κ1) is 20.2. The Bertz CT molecular complexity index is 386. The summed E-state index contributed by atoms with van der Waals surface area (Å²) in [4.78, 5) is 7.05. The Labute approximate surface area is 164 Å². The average Bonchev–Trinajstić information content (AvgIpc) is 2.56. The van der Waals surface area contributed by atoms with Crippen LogP contribution in [0.2, 0.25) is 0 Å². The van der Waals surface area contributed by atoms with E-state index in [4.69, 9.17) is 4.74 Å². The maximum absolute atomic E-state index is 5.43. The summed E-state index contributed by atoms with van der Waals surface area (Å²) < 4.78 is 5.43. The topological polar surface area (TPSA) is 48.9 Å². The highest BCUT2D eigenvalue weighted by atomic mass is 127. The number of nitrogens with one attached hydrogen (secondary N) is 2. The number of piperidine rings is 2. The molecule has 0 amide bonds. The van der Waals surface area contributed by atoms with Crippen molar-refractivity contribution >= 4 is 29.9 Å². The van der Waals surface area contributed by atoms with E-state index in [-0.39, 0.29) is 24.0 Å². The van der Waals surface area contributed by atoms with E-state index in [0.717, 1.165) is 43.7 Å². The summed E-state index contributed by atoms with van der Waals surface area (Å²) in [6.45, 7) is 2.90. The summed E-state index contributed by atoms with van der Waals surface area (Å²) in [7, 11) is 4.20. The smallest absolute Gasteiger partial charge is 0.191 e. The first-order valence-electron chi connectivity index (χ1n) is 9.53. The maximum atomic E-state index is 5.43. The first-order chi connectivity index (χ1) is 11.3.